The molecule has 23 heavy (non-hydrogen) atoms. The lowest BCUT2D eigenvalue weighted by Gasteiger charge is -2.35. The van der Waals surface area contributed by atoms with Crippen molar-refractivity contribution in [1.29, 1.82) is 0 Å². The van der Waals surface area contributed by atoms with Crippen molar-refractivity contribution >= 4 is 11.9 Å². The molecule has 1 saturated carbocycles. The SMILES string of the molecule is COC(=O)C1CCC(O)(CNC(=O)c2cccc(OC)c2)CC1. The maximum Gasteiger partial charge on any atom is 0.308 e. The number of nitrogens with one attached hydrogen (secondary N) is 1. The second-order valence-corrected chi connectivity index (χ2v) is 5.94. The number of benzene rings is 1. The minimum Gasteiger partial charge on any atom is -0.497 e. The van der Waals surface area contributed by atoms with Crippen molar-refractivity contribution in [3.63, 3.8) is 0 Å². The van der Waals surface area contributed by atoms with Crippen molar-refractivity contribution in [3.8, 4) is 5.75 Å². The quantitative estimate of drug-likeness (QED) is 0.803. The Labute approximate surface area is 135 Å². The number of rotatable bonds is 5. The van der Waals surface area contributed by atoms with E-state index in [9.17, 15) is 14.7 Å². The molecule has 126 valence electrons. The average molecular weight is 321 g/mol. The van der Waals surface area contributed by atoms with Crippen LogP contribution in [0.2, 0.25) is 0 Å². The maximum atomic E-state index is 12.2. The van der Waals surface area contributed by atoms with Crippen LogP contribution in [0.5, 0.6) is 5.75 Å². The highest BCUT2D eigenvalue weighted by molar-refractivity contribution is 5.94. The van der Waals surface area contributed by atoms with Gasteiger partial charge < -0.3 is 19.9 Å². The van der Waals surface area contributed by atoms with Gasteiger partial charge in [0.05, 0.1) is 25.7 Å². The summed E-state index contributed by atoms with van der Waals surface area (Å²) >= 11 is 0. The number of carbonyl (C=O) groups is 2. The van der Waals surface area contributed by atoms with Gasteiger partial charge in [-0.1, -0.05) is 6.07 Å². The van der Waals surface area contributed by atoms with Crippen molar-refractivity contribution in [2.24, 2.45) is 5.92 Å². The molecule has 0 bridgehead atoms. The van der Waals surface area contributed by atoms with Crippen molar-refractivity contribution in [1.82, 2.24) is 5.32 Å². The van der Waals surface area contributed by atoms with Gasteiger partial charge in [0.25, 0.3) is 5.91 Å². The van der Waals surface area contributed by atoms with Gasteiger partial charge in [0, 0.05) is 12.1 Å². The molecule has 0 unspecified atom stereocenters. The summed E-state index contributed by atoms with van der Waals surface area (Å²) in [5.74, 6) is -0.0378. The van der Waals surface area contributed by atoms with Crippen LogP contribution in [-0.4, -0.2) is 43.3 Å². The van der Waals surface area contributed by atoms with E-state index >= 15 is 0 Å². The van der Waals surface area contributed by atoms with Gasteiger partial charge in [-0.3, -0.25) is 9.59 Å². The highest BCUT2D eigenvalue weighted by Crippen LogP contribution is 2.32. The molecule has 2 rings (SSSR count). The summed E-state index contributed by atoms with van der Waals surface area (Å²) in [4.78, 5) is 23.7. The topological polar surface area (TPSA) is 84.9 Å². The van der Waals surface area contributed by atoms with E-state index in [1.165, 1.54) is 7.11 Å². The number of carbonyl (C=O) groups excluding carboxylic acids is 2. The van der Waals surface area contributed by atoms with Crippen molar-refractivity contribution in [2.75, 3.05) is 20.8 Å². The van der Waals surface area contributed by atoms with E-state index in [4.69, 9.17) is 9.47 Å². The third-order valence-electron chi connectivity index (χ3n) is 4.36. The number of aliphatic hydroxyl groups is 1. The van der Waals surface area contributed by atoms with E-state index in [1.807, 2.05) is 0 Å². The first kappa shape index (κ1) is 17.3. The van der Waals surface area contributed by atoms with E-state index in [2.05, 4.69) is 5.32 Å². The molecule has 1 aliphatic carbocycles. The third kappa shape index (κ3) is 4.45. The van der Waals surface area contributed by atoms with Gasteiger partial charge in [-0.15, -0.1) is 0 Å². The number of methoxy groups -OCH3 is 2. The smallest absolute Gasteiger partial charge is 0.308 e. The fourth-order valence-electron chi connectivity index (χ4n) is 2.85. The summed E-state index contributed by atoms with van der Waals surface area (Å²) in [6, 6.07) is 6.84. The molecule has 6 nitrogen and oxygen atoms in total. The van der Waals surface area contributed by atoms with Crippen molar-refractivity contribution in [3.05, 3.63) is 29.8 Å². The molecule has 1 fully saturated rings. The van der Waals surface area contributed by atoms with Crippen LogP contribution in [0, 0.1) is 5.92 Å². The van der Waals surface area contributed by atoms with Crippen LogP contribution in [0.3, 0.4) is 0 Å². The molecular weight excluding hydrogens is 298 g/mol. The van der Waals surface area contributed by atoms with Gasteiger partial charge in [0.1, 0.15) is 5.75 Å². The first-order valence-electron chi connectivity index (χ1n) is 7.70. The lowest BCUT2D eigenvalue weighted by Crippen LogP contribution is -2.46. The fraction of sp³-hybridized carbons (Fsp3) is 0.529. The predicted octanol–water partition coefficient (Wildman–Crippen LogP) is 1.52. The predicted molar refractivity (Wildman–Crippen MR) is 84.3 cm³/mol. The monoisotopic (exact) mass is 321 g/mol. The molecule has 0 saturated heterocycles. The Morgan fingerprint density at radius 2 is 2.00 bits per heavy atom. The molecule has 0 atom stereocenters. The minimum atomic E-state index is -0.973. The van der Waals surface area contributed by atoms with Crippen LogP contribution in [0.1, 0.15) is 36.0 Å². The zero-order chi connectivity index (χ0) is 16.9. The largest absolute Gasteiger partial charge is 0.497 e. The Balaban J connectivity index is 1.87. The first-order chi connectivity index (χ1) is 11.0. The number of amides is 1. The van der Waals surface area contributed by atoms with Gasteiger partial charge >= 0.3 is 5.97 Å². The molecule has 2 N–H and O–H groups in total. The van der Waals surface area contributed by atoms with Crippen LogP contribution >= 0.6 is 0 Å². The lowest BCUT2D eigenvalue weighted by atomic mass is 9.78. The minimum absolute atomic E-state index is 0.158. The molecule has 0 spiro atoms. The number of esters is 1. The molecule has 6 heteroatoms. The standard InChI is InChI=1S/C17H23NO5/c1-22-14-5-3-4-13(10-14)15(19)18-11-17(21)8-6-12(7-9-17)16(20)23-2/h3-5,10,12,21H,6-9,11H2,1-2H3,(H,18,19). The highest BCUT2D eigenvalue weighted by atomic mass is 16.5. The van der Waals surface area contributed by atoms with E-state index in [1.54, 1.807) is 31.4 Å². The summed E-state index contributed by atoms with van der Waals surface area (Å²) in [6.45, 7) is 0.164. The molecule has 0 aromatic heterocycles. The average Bonchev–Trinajstić information content (AvgIpc) is 2.59. The van der Waals surface area contributed by atoms with Crippen LogP contribution in [0.4, 0.5) is 0 Å². The number of hydrogen-bond donors (Lipinski definition) is 2. The Bertz CT molecular complexity index is 564. The molecule has 0 radical (unpaired) electrons. The Morgan fingerprint density at radius 3 is 2.61 bits per heavy atom. The number of ether oxygens (including phenoxy) is 2. The summed E-state index contributed by atoms with van der Waals surface area (Å²) < 4.78 is 9.82. The first-order valence-corrected chi connectivity index (χ1v) is 7.70. The van der Waals surface area contributed by atoms with Crippen molar-refractivity contribution in [2.45, 2.75) is 31.3 Å². The maximum absolute atomic E-state index is 12.2. The van der Waals surface area contributed by atoms with Gasteiger partial charge in [0.2, 0.25) is 0 Å². The second kappa shape index (κ2) is 7.46. The van der Waals surface area contributed by atoms with Crippen LogP contribution in [0.15, 0.2) is 24.3 Å². The number of hydrogen-bond acceptors (Lipinski definition) is 5. The van der Waals surface area contributed by atoms with Gasteiger partial charge in [-0.05, 0) is 43.9 Å². The summed E-state index contributed by atoms with van der Waals surface area (Å²) in [6.07, 6.45) is 2.06. The summed E-state index contributed by atoms with van der Waals surface area (Å²) in [5, 5.41) is 13.3. The van der Waals surface area contributed by atoms with Gasteiger partial charge in [-0.25, -0.2) is 0 Å². The Kier molecular flexibility index (Phi) is 5.60. The van der Waals surface area contributed by atoms with E-state index in [-0.39, 0.29) is 24.3 Å². The van der Waals surface area contributed by atoms with Crippen LogP contribution in [0.25, 0.3) is 0 Å². The van der Waals surface area contributed by atoms with Gasteiger partial charge in [-0.2, -0.15) is 0 Å². The lowest BCUT2D eigenvalue weighted by molar-refractivity contribution is -0.148. The molecule has 1 amide bonds. The fourth-order valence-corrected chi connectivity index (χ4v) is 2.85. The Morgan fingerprint density at radius 1 is 1.30 bits per heavy atom. The molecule has 1 aromatic carbocycles. The van der Waals surface area contributed by atoms with Crippen LogP contribution < -0.4 is 10.1 Å². The van der Waals surface area contributed by atoms with Crippen molar-refractivity contribution < 1.29 is 24.2 Å². The Hall–Kier alpha value is -2.08. The van der Waals surface area contributed by atoms with E-state index in [0.717, 1.165) is 0 Å². The third-order valence-corrected chi connectivity index (χ3v) is 4.36. The molecule has 1 aliphatic rings. The zero-order valence-corrected chi connectivity index (χ0v) is 13.5. The summed E-state index contributed by atoms with van der Waals surface area (Å²) in [7, 11) is 2.91. The molecule has 0 heterocycles. The van der Waals surface area contributed by atoms with Gasteiger partial charge in [0.15, 0.2) is 0 Å². The second-order valence-electron chi connectivity index (χ2n) is 5.94. The highest BCUT2D eigenvalue weighted by Gasteiger charge is 2.36. The van der Waals surface area contributed by atoms with E-state index in [0.29, 0.717) is 37.0 Å². The van der Waals surface area contributed by atoms with E-state index < -0.39 is 5.60 Å². The molecular formula is C17H23NO5. The summed E-state index contributed by atoms with van der Waals surface area (Å²) in [5.41, 5.74) is -0.491. The normalized spacial score (nSPS) is 23.9. The molecule has 0 aliphatic heterocycles. The van der Waals surface area contributed by atoms with Crippen LogP contribution in [-0.2, 0) is 9.53 Å². The molecule has 1 aromatic rings. The zero-order valence-electron chi connectivity index (χ0n) is 13.5.